The van der Waals surface area contributed by atoms with Crippen LogP contribution in [0.5, 0.6) is 5.75 Å². The molecule has 0 unspecified atom stereocenters. The monoisotopic (exact) mass is 385 g/mol. The second kappa shape index (κ2) is 8.48. The fraction of sp³-hybridized carbons (Fsp3) is 0.333. The molecule has 2 aromatic carbocycles. The topological polar surface area (TPSA) is 75.6 Å². The van der Waals surface area contributed by atoms with Crippen molar-refractivity contribution in [2.75, 3.05) is 18.2 Å². The van der Waals surface area contributed by atoms with Crippen LogP contribution in [0.3, 0.4) is 0 Å². The predicted molar refractivity (Wildman–Crippen MR) is 107 cm³/mol. The highest BCUT2D eigenvalue weighted by Gasteiger charge is 2.52. The van der Waals surface area contributed by atoms with E-state index >= 15 is 0 Å². The van der Waals surface area contributed by atoms with Gasteiger partial charge in [0.1, 0.15) is 5.75 Å². The minimum atomic E-state index is -0.783. The average Bonchev–Trinajstić information content (AvgIpc) is 3.47. The summed E-state index contributed by atoms with van der Waals surface area (Å²) in [6.45, 7) is 0. The van der Waals surface area contributed by atoms with Gasteiger partial charge in [0.15, 0.2) is 0 Å². The van der Waals surface area contributed by atoms with Crippen molar-refractivity contribution in [1.29, 1.82) is 0 Å². The third-order valence-electron chi connectivity index (χ3n) is 4.72. The number of benzene rings is 2. The lowest BCUT2D eigenvalue weighted by Gasteiger charge is -2.18. The number of aliphatic carboxylic acids is 1. The van der Waals surface area contributed by atoms with Crippen LogP contribution >= 0.6 is 11.8 Å². The zero-order valence-electron chi connectivity index (χ0n) is 15.2. The van der Waals surface area contributed by atoms with E-state index in [1.165, 1.54) is 0 Å². The molecule has 1 aliphatic rings. The maximum atomic E-state index is 13.0. The number of methoxy groups -OCH3 is 1. The van der Waals surface area contributed by atoms with Crippen LogP contribution < -0.4 is 10.1 Å². The third-order valence-corrected chi connectivity index (χ3v) is 5.75. The molecule has 3 rings (SSSR count). The van der Waals surface area contributed by atoms with Gasteiger partial charge in [0.05, 0.1) is 18.9 Å². The third kappa shape index (κ3) is 4.63. The van der Waals surface area contributed by atoms with E-state index in [-0.39, 0.29) is 12.3 Å². The Morgan fingerprint density at radius 2 is 1.96 bits per heavy atom. The Balaban J connectivity index is 1.66. The molecular weight excluding hydrogens is 362 g/mol. The molecule has 0 aromatic heterocycles. The first-order valence-electron chi connectivity index (χ1n) is 8.88. The molecule has 0 heterocycles. The van der Waals surface area contributed by atoms with Gasteiger partial charge in [-0.25, -0.2) is 0 Å². The largest absolute Gasteiger partial charge is 0.496 e. The summed E-state index contributed by atoms with van der Waals surface area (Å²) in [5, 5.41) is 11.7. The number of hydrogen-bond donors (Lipinski definition) is 2. The van der Waals surface area contributed by atoms with Gasteiger partial charge in [0.25, 0.3) is 0 Å². The molecule has 0 aliphatic heterocycles. The van der Waals surface area contributed by atoms with Crippen LogP contribution in [0, 0.1) is 0 Å². The Morgan fingerprint density at radius 1 is 1.19 bits per heavy atom. The summed E-state index contributed by atoms with van der Waals surface area (Å²) in [5.41, 5.74) is 2.24. The normalized spacial score (nSPS) is 14.4. The van der Waals surface area contributed by atoms with Crippen LogP contribution in [0.4, 0.5) is 5.69 Å². The lowest BCUT2D eigenvalue weighted by Crippen LogP contribution is -2.28. The Hall–Kier alpha value is -2.47. The number of ether oxygens (including phenoxy) is 1. The van der Waals surface area contributed by atoms with Crippen molar-refractivity contribution in [1.82, 2.24) is 0 Å². The summed E-state index contributed by atoms with van der Waals surface area (Å²) >= 11 is 1.57. The maximum absolute atomic E-state index is 13.0. The van der Waals surface area contributed by atoms with Crippen molar-refractivity contribution >= 4 is 29.3 Å². The number of carboxylic acid groups (broad SMARTS) is 1. The van der Waals surface area contributed by atoms with E-state index < -0.39 is 11.4 Å². The van der Waals surface area contributed by atoms with Crippen molar-refractivity contribution in [3.63, 3.8) is 0 Å². The number of carbonyl (C=O) groups is 2. The summed E-state index contributed by atoms with van der Waals surface area (Å²) in [6.07, 6.45) is 1.77. The van der Waals surface area contributed by atoms with Crippen molar-refractivity contribution < 1.29 is 19.4 Å². The molecule has 0 saturated heterocycles. The summed E-state index contributed by atoms with van der Waals surface area (Å²) < 4.78 is 5.44. The van der Waals surface area contributed by atoms with Crippen molar-refractivity contribution in [3.05, 3.63) is 59.7 Å². The van der Waals surface area contributed by atoms with Crippen molar-refractivity contribution in [2.45, 2.75) is 30.4 Å². The van der Waals surface area contributed by atoms with Gasteiger partial charge in [-0.1, -0.05) is 30.3 Å². The minimum Gasteiger partial charge on any atom is -0.496 e. The summed E-state index contributed by atoms with van der Waals surface area (Å²) in [5.74, 6) is 1.24. The Labute approximate surface area is 163 Å². The molecule has 0 spiro atoms. The fourth-order valence-electron chi connectivity index (χ4n) is 3.12. The smallest absolute Gasteiger partial charge is 0.304 e. The van der Waals surface area contributed by atoms with Gasteiger partial charge < -0.3 is 15.2 Å². The fourth-order valence-corrected chi connectivity index (χ4v) is 4.00. The van der Waals surface area contributed by atoms with Gasteiger partial charge in [-0.15, -0.1) is 0 Å². The maximum Gasteiger partial charge on any atom is 0.304 e. The summed E-state index contributed by atoms with van der Waals surface area (Å²) in [4.78, 5) is 23.6. The molecule has 1 fully saturated rings. The Kier molecular flexibility index (Phi) is 6.06. The minimum absolute atomic E-state index is 0.0114. The summed E-state index contributed by atoms with van der Waals surface area (Å²) in [6, 6.07) is 15.4. The Bertz CT molecular complexity index is 832. The van der Waals surface area contributed by atoms with Crippen LogP contribution in [-0.4, -0.2) is 29.8 Å². The van der Waals surface area contributed by atoms with Crippen LogP contribution in [0.2, 0.25) is 0 Å². The number of amides is 1. The number of carbonyl (C=O) groups excluding carboxylic acids is 1. The molecule has 0 atom stereocenters. The molecule has 0 bridgehead atoms. The first-order valence-corrected chi connectivity index (χ1v) is 10.0. The number of rotatable bonds is 9. The SMILES string of the molecule is COc1ccccc1C1(C(=O)Nc2cccc(CSCCC(=O)O)c2)CC1. The van der Waals surface area contributed by atoms with E-state index in [2.05, 4.69) is 5.32 Å². The molecule has 6 heteroatoms. The molecule has 2 aromatic rings. The van der Waals surface area contributed by atoms with Gasteiger partial charge in [0.2, 0.25) is 5.91 Å². The highest BCUT2D eigenvalue weighted by Crippen LogP contribution is 2.51. The standard InChI is InChI=1S/C21H23NO4S/c1-26-18-8-3-2-7-17(18)21(10-11-21)20(25)22-16-6-4-5-15(13-16)14-27-12-9-19(23)24/h2-8,13H,9-12,14H2,1H3,(H,22,25)(H,23,24). The van der Waals surface area contributed by atoms with Crippen LogP contribution in [0.25, 0.3) is 0 Å². The summed E-state index contributed by atoms with van der Waals surface area (Å²) in [7, 11) is 1.62. The van der Waals surface area contributed by atoms with Gasteiger partial charge in [-0.2, -0.15) is 11.8 Å². The van der Waals surface area contributed by atoms with E-state index in [9.17, 15) is 9.59 Å². The first-order chi connectivity index (χ1) is 13.0. The first kappa shape index (κ1) is 19.3. The lowest BCUT2D eigenvalue weighted by atomic mass is 9.94. The second-order valence-electron chi connectivity index (χ2n) is 6.63. The number of thioether (sulfide) groups is 1. The predicted octanol–water partition coefficient (Wildman–Crippen LogP) is 4.07. The van der Waals surface area contributed by atoms with Gasteiger partial charge >= 0.3 is 5.97 Å². The quantitative estimate of drug-likeness (QED) is 0.636. The van der Waals surface area contributed by atoms with Gasteiger partial charge in [0, 0.05) is 22.8 Å². The van der Waals surface area contributed by atoms with Crippen LogP contribution in [-0.2, 0) is 20.8 Å². The zero-order chi connectivity index (χ0) is 19.3. The molecule has 1 saturated carbocycles. The number of hydrogen-bond acceptors (Lipinski definition) is 4. The highest BCUT2D eigenvalue weighted by molar-refractivity contribution is 7.98. The van der Waals surface area contributed by atoms with E-state index in [1.807, 2.05) is 48.5 Å². The number of nitrogens with one attached hydrogen (secondary N) is 1. The van der Waals surface area contributed by atoms with Crippen molar-refractivity contribution in [2.24, 2.45) is 0 Å². The van der Waals surface area contributed by atoms with E-state index in [1.54, 1.807) is 18.9 Å². The van der Waals surface area contributed by atoms with Crippen LogP contribution in [0.1, 0.15) is 30.4 Å². The highest BCUT2D eigenvalue weighted by atomic mass is 32.2. The Morgan fingerprint density at radius 3 is 2.67 bits per heavy atom. The number of para-hydroxylation sites is 1. The number of carboxylic acids is 1. The average molecular weight is 385 g/mol. The molecule has 1 aliphatic carbocycles. The molecule has 142 valence electrons. The lowest BCUT2D eigenvalue weighted by molar-refractivity contribution is -0.136. The van der Waals surface area contributed by atoms with E-state index in [0.717, 1.165) is 35.4 Å². The number of anilines is 1. The molecule has 0 radical (unpaired) electrons. The zero-order valence-corrected chi connectivity index (χ0v) is 16.1. The van der Waals surface area contributed by atoms with Gasteiger partial charge in [-0.05, 0) is 36.6 Å². The molecule has 27 heavy (non-hydrogen) atoms. The second-order valence-corrected chi connectivity index (χ2v) is 7.74. The van der Waals surface area contributed by atoms with Crippen molar-refractivity contribution in [3.8, 4) is 5.75 Å². The van der Waals surface area contributed by atoms with Crippen LogP contribution in [0.15, 0.2) is 48.5 Å². The van der Waals surface area contributed by atoms with Gasteiger partial charge in [-0.3, -0.25) is 9.59 Å². The molecule has 5 nitrogen and oxygen atoms in total. The molecule has 2 N–H and O–H groups in total. The molecule has 1 amide bonds. The van der Waals surface area contributed by atoms with E-state index in [4.69, 9.17) is 9.84 Å². The molecular formula is C21H23NO4S. The van der Waals surface area contributed by atoms with E-state index in [0.29, 0.717) is 11.5 Å².